The smallest absolute Gasteiger partial charge is 0.0107 e. The molecule has 0 spiro atoms. The first kappa shape index (κ1) is 16.0. The Labute approximate surface area is 115 Å². The highest BCUT2D eigenvalue weighted by Gasteiger charge is 2.24. The molecule has 1 fully saturated rings. The maximum atomic E-state index is 3.73. The Bertz CT molecular complexity index is 203. The number of hydrogen-bond donors (Lipinski definition) is 1. The Hall–Kier alpha value is -0.0800. The van der Waals surface area contributed by atoms with Crippen LogP contribution in [0.3, 0.4) is 0 Å². The summed E-state index contributed by atoms with van der Waals surface area (Å²) < 4.78 is 0. The average molecular weight is 254 g/mol. The molecular formula is C16H34N2. The third-order valence-electron chi connectivity index (χ3n) is 4.19. The predicted molar refractivity (Wildman–Crippen MR) is 81.0 cm³/mol. The minimum atomic E-state index is 0.763. The van der Waals surface area contributed by atoms with Gasteiger partial charge in [0.05, 0.1) is 0 Å². The largest absolute Gasteiger partial charge is 0.314 e. The molecule has 1 rings (SSSR count). The van der Waals surface area contributed by atoms with Crippen LogP contribution in [0.1, 0.15) is 59.8 Å². The summed E-state index contributed by atoms with van der Waals surface area (Å²) in [7, 11) is 0. The lowest BCUT2D eigenvalue weighted by molar-refractivity contribution is 0.185. The van der Waals surface area contributed by atoms with Crippen LogP contribution < -0.4 is 5.32 Å². The molecule has 0 aromatic rings. The molecule has 0 saturated heterocycles. The second-order valence-electron chi connectivity index (χ2n) is 6.31. The standard InChI is InChI=1S/C16H34N2/c1-5-17-16-11-9-7-8-10-15(16)13-18(6-2)12-14(3)4/h14-17H,5-13H2,1-4H3. The highest BCUT2D eigenvalue weighted by molar-refractivity contribution is 4.81. The molecule has 1 aliphatic rings. The average Bonchev–Trinajstić information content (AvgIpc) is 2.54. The number of hydrogen-bond acceptors (Lipinski definition) is 2. The van der Waals surface area contributed by atoms with Crippen molar-refractivity contribution in [2.24, 2.45) is 11.8 Å². The van der Waals surface area contributed by atoms with E-state index in [1.165, 1.54) is 51.7 Å². The third kappa shape index (κ3) is 5.71. The van der Waals surface area contributed by atoms with Crippen LogP contribution >= 0.6 is 0 Å². The van der Waals surface area contributed by atoms with Gasteiger partial charge in [-0.05, 0) is 37.8 Å². The van der Waals surface area contributed by atoms with Gasteiger partial charge in [-0.3, -0.25) is 0 Å². The summed E-state index contributed by atoms with van der Waals surface area (Å²) >= 11 is 0. The first-order chi connectivity index (χ1) is 8.67. The lowest BCUT2D eigenvalue weighted by Gasteiger charge is -2.32. The maximum absolute atomic E-state index is 3.73. The van der Waals surface area contributed by atoms with Crippen molar-refractivity contribution in [3.63, 3.8) is 0 Å². The molecule has 0 heterocycles. The van der Waals surface area contributed by atoms with Crippen molar-refractivity contribution in [1.29, 1.82) is 0 Å². The van der Waals surface area contributed by atoms with Gasteiger partial charge in [-0.15, -0.1) is 0 Å². The van der Waals surface area contributed by atoms with E-state index in [1.807, 2.05) is 0 Å². The van der Waals surface area contributed by atoms with Gasteiger partial charge in [0.1, 0.15) is 0 Å². The SMILES string of the molecule is CCNC1CCCCCC1CN(CC)CC(C)C. The van der Waals surface area contributed by atoms with Crippen LogP contribution in [-0.2, 0) is 0 Å². The molecule has 1 N–H and O–H groups in total. The van der Waals surface area contributed by atoms with E-state index in [1.54, 1.807) is 0 Å². The van der Waals surface area contributed by atoms with Gasteiger partial charge in [-0.25, -0.2) is 0 Å². The third-order valence-corrected chi connectivity index (χ3v) is 4.19. The predicted octanol–water partition coefficient (Wildman–Crippen LogP) is 3.52. The second-order valence-corrected chi connectivity index (χ2v) is 6.31. The van der Waals surface area contributed by atoms with Gasteiger partial charge in [0.25, 0.3) is 0 Å². The maximum Gasteiger partial charge on any atom is 0.0107 e. The van der Waals surface area contributed by atoms with Crippen LogP contribution in [0.2, 0.25) is 0 Å². The molecule has 0 radical (unpaired) electrons. The summed E-state index contributed by atoms with van der Waals surface area (Å²) in [6, 6.07) is 0.763. The fraction of sp³-hybridized carbons (Fsp3) is 1.00. The molecule has 2 heteroatoms. The summed E-state index contributed by atoms with van der Waals surface area (Å²) in [5.74, 6) is 1.65. The normalized spacial score (nSPS) is 25.7. The van der Waals surface area contributed by atoms with Crippen molar-refractivity contribution < 1.29 is 0 Å². The molecule has 1 saturated carbocycles. The van der Waals surface area contributed by atoms with Crippen molar-refractivity contribution >= 4 is 0 Å². The first-order valence-electron chi connectivity index (χ1n) is 8.13. The summed E-state index contributed by atoms with van der Waals surface area (Å²) in [4.78, 5) is 2.66. The fourth-order valence-corrected chi connectivity index (χ4v) is 3.31. The van der Waals surface area contributed by atoms with Crippen molar-refractivity contribution in [3.8, 4) is 0 Å². The van der Waals surface area contributed by atoms with Gasteiger partial charge in [0, 0.05) is 19.1 Å². The fourth-order valence-electron chi connectivity index (χ4n) is 3.31. The van der Waals surface area contributed by atoms with Crippen molar-refractivity contribution in [1.82, 2.24) is 10.2 Å². The minimum absolute atomic E-state index is 0.763. The lowest BCUT2D eigenvalue weighted by atomic mass is 9.93. The van der Waals surface area contributed by atoms with Crippen LogP contribution in [0.15, 0.2) is 0 Å². The lowest BCUT2D eigenvalue weighted by Crippen LogP contribution is -2.42. The molecule has 18 heavy (non-hydrogen) atoms. The van der Waals surface area contributed by atoms with Crippen molar-refractivity contribution in [3.05, 3.63) is 0 Å². The van der Waals surface area contributed by atoms with Gasteiger partial charge in [0.15, 0.2) is 0 Å². The number of nitrogens with one attached hydrogen (secondary N) is 1. The second kappa shape index (κ2) is 8.92. The van der Waals surface area contributed by atoms with E-state index in [0.717, 1.165) is 24.4 Å². The van der Waals surface area contributed by atoms with Crippen LogP contribution in [0.4, 0.5) is 0 Å². The Morgan fingerprint density at radius 1 is 1.11 bits per heavy atom. The van der Waals surface area contributed by atoms with Crippen molar-refractivity contribution in [2.45, 2.75) is 65.8 Å². The van der Waals surface area contributed by atoms with E-state index >= 15 is 0 Å². The van der Waals surface area contributed by atoms with E-state index in [9.17, 15) is 0 Å². The molecule has 2 unspecified atom stereocenters. The number of nitrogens with zero attached hydrogens (tertiary/aromatic N) is 1. The highest BCUT2D eigenvalue weighted by Crippen LogP contribution is 2.24. The zero-order valence-electron chi connectivity index (χ0n) is 13.0. The van der Waals surface area contributed by atoms with E-state index in [4.69, 9.17) is 0 Å². The van der Waals surface area contributed by atoms with E-state index in [-0.39, 0.29) is 0 Å². The molecule has 2 atom stereocenters. The van der Waals surface area contributed by atoms with Gasteiger partial charge in [-0.2, -0.15) is 0 Å². The van der Waals surface area contributed by atoms with Gasteiger partial charge >= 0.3 is 0 Å². The molecule has 2 nitrogen and oxygen atoms in total. The minimum Gasteiger partial charge on any atom is -0.314 e. The highest BCUT2D eigenvalue weighted by atomic mass is 15.1. The van der Waals surface area contributed by atoms with Gasteiger partial charge < -0.3 is 10.2 Å². The molecular weight excluding hydrogens is 220 g/mol. The van der Waals surface area contributed by atoms with Gasteiger partial charge in [-0.1, -0.05) is 47.0 Å². The van der Waals surface area contributed by atoms with E-state index < -0.39 is 0 Å². The van der Waals surface area contributed by atoms with Crippen LogP contribution in [-0.4, -0.2) is 37.1 Å². The summed E-state index contributed by atoms with van der Waals surface area (Å²) in [6.45, 7) is 14.1. The van der Waals surface area contributed by atoms with Crippen LogP contribution in [0, 0.1) is 11.8 Å². The summed E-state index contributed by atoms with van der Waals surface area (Å²) in [6.07, 6.45) is 7.11. The number of rotatable bonds is 7. The van der Waals surface area contributed by atoms with Gasteiger partial charge in [0.2, 0.25) is 0 Å². The Morgan fingerprint density at radius 2 is 1.83 bits per heavy atom. The molecule has 0 aliphatic heterocycles. The van der Waals surface area contributed by atoms with Crippen molar-refractivity contribution in [2.75, 3.05) is 26.2 Å². The molecule has 0 aromatic heterocycles. The molecule has 0 aromatic carbocycles. The Kier molecular flexibility index (Phi) is 7.92. The zero-order chi connectivity index (χ0) is 13.4. The summed E-state index contributed by atoms with van der Waals surface area (Å²) in [5, 5.41) is 3.73. The molecule has 108 valence electrons. The van der Waals surface area contributed by atoms with Crippen LogP contribution in [0.25, 0.3) is 0 Å². The molecule has 1 aliphatic carbocycles. The molecule has 0 bridgehead atoms. The summed E-state index contributed by atoms with van der Waals surface area (Å²) in [5.41, 5.74) is 0. The van der Waals surface area contributed by atoms with E-state index in [2.05, 4.69) is 37.9 Å². The Morgan fingerprint density at radius 3 is 2.44 bits per heavy atom. The monoisotopic (exact) mass is 254 g/mol. The zero-order valence-corrected chi connectivity index (χ0v) is 13.0. The quantitative estimate of drug-likeness (QED) is 0.699. The van der Waals surface area contributed by atoms with Crippen LogP contribution in [0.5, 0.6) is 0 Å². The Balaban J connectivity index is 2.52. The van der Waals surface area contributed by atoms with E-state index in [0.29, 0.717) is 0 Å². The first-order valence-corrected chi connectivity index (χ1v) is 8.13. The molecule has 0 amide bonds. The topological polar surface area (TPSA) is 15.3 Å².